The molecular formula is C34H28N2O4S. The quantitative estimate of drug-likeness (QED) is 0.133. The second-order valence-corrected chi connectivity index (χ2v) is 11.3. The Morgan fingerprint density at radius 1 is 0.902 bits per heavy atom. The van der Waals surface area contributed by atoms with Gasteiger partial charge in [0.15, 0.2) is 5.13 Å². The molecule has 6 nitrogen and oxygen atoms in total. The van der Waals surface area contributed by atoms with E-state index < -0.39 is 17.7 Å². The lowest BCUT2D eigenvalue weighted by Crippen LogP contribution is -2.29. The number of ether oxygens (including phenoxy) is 1. The van der Waals surface area contributed by atoms with E-state index in [2.05, 4.69) is 0 Å². The van der Waals surface area contributed by atoms with Gasteiger partial charge in [0, 0.05) is 5.56 Å². The van der Waals surface area contributed by atoms with Gasteiger partial charge in [-0.15, -0.1) is 0 Å². The molecule has 0 spiro atoms. The van der Waals surface area contributed by atoms with Crippen LogP contribution < -0.4 is 9.64 Å². The Hall–Kier alpha value is -4.75. The fourth-order valence-corrected chi connectivity index (χ4v) is 6.33. The number of rotatable bonds is 6. The lowest BCUT2D eigenvalue weighted by Gasteiger charge is -2.23. The van der Waals surface area contributed by atoms with Gasteiger partial charge >= 0.3 is 5.91 Å². The van der Waals surface area contributed by atoms with Crippen LogP contribution in [-0.2, 0) is 16.2 Å². The molecule has 1 unspecified atom stereocenters. The average Bonchev–Trinajstić information content (AvgIpc) is 3.51. The Morgan fingerprint density at radius 3 is 2.32 bits per heavy atom. The molecule has 2 heterocycles. The molecule has 0 saturated carbocycles. The molecule has 1 saturated heterocycles. The predicted octanol–water partition coefficient (Wildman–Crippen LogP) is 7.43. The Bertz CT molecular complexity index is 1810. The maximum Gasteiger partial charge on any atom is 0.301 e. The number of anilines is 1. The fourth-order valence-electron chi connectivity index (χ4n) is 5.16. The van der Waals surface area contributed by atoms with E-state index in [1.807, 2.05) is 99.6 Å². The van der Waals surface area contributed by atoms with Gasteiger partial charge in [-0.05, 0) is 61.2 Å². The number of hydrogen-bond acceptors (Lipinski definition) is 6. The number of carbonyl (C=O) groups excluding carboxylic acids is 2. The summed E-state index contributed by atoms with van der Waals surface area (Å²) in [6, 6.07) is 27.6. The Morgan fingerprint density at radius 2 is 1.61 bits per heavy atom. The highest BCUT2D eigenvalue weighted by atomic mass is 32.1. The number of Topliss-reactive ketones (excluding diaryl/α,β-unsaturated/α-hetero) is 1. The van der Waals surface area contributed by atoms with Crippen molar-refractivity contribution >= 4 is 44.1 Å². The van der Waals surface area contributed by atoms with Crippen molar-refractivity contribution in [2.24, 2.45) is 0 Å². The first-order chi connectivity index (χ1) is 19.8. The lowest BCUT2D eigenvalue weighted by molar-refractivity contribution is -0.132. The van der Waals surface area contributed by atoms with Crippen molar-refractivity contribution < 1.29 is 19.4 Å². The standard InChI is InChI=1S/C34H28N2O4S/c1-20-9-11-25(12-10-20)31(37)28-30(24-13-15-26(16-14-24)40-19-23-7-5-4-6-8-23)36(33(39)32(28)38)34-35-29-22(3)17-21(2)18-27(29)41-34/h4-18,30,37H,19H2,1-3H3/b31-28+. The number of thiazole rings is 1. The maximum absolute atomic E-state index is 13.6. The number of carbonyl (C=O) groups is 2. The van der Waals surface area contributed by atoms with Gasteiger partial charge in [0.25, 0.3) is 5.78 Å². The monoisotopic (exact) mass is 560 g/mol. The highest BCUT2D eigenvalue weighted by molar-refractivity contribution is 7.22. The van der Waals surface area contributed by atoms with E-state index in [0.29, 0.717) is 28.6 Å². The summed E-state index contributed by atoms with van der Waals surface area (Å²) in [4.78, 5) is 33.4. The maximum atomic E-state index is 13.6. The third-order valence-electron chi connectivity index (χ3n) is 7.24. The Kier molecular flexibility index (Phi) is 6.89. The zero-order chi connectivity index (χ0) is 28.7. The van der Waals surface area contributed by atoms with Gasteiger partial charge in [-0.2, -0.15) is 0 Å². The summed E-state index contributed by atoms with van der Waals surface area (Å²) < 4.78 is 6.90. The molecular weight excluding hydrogens is 532 g/mol. The van der Waals surface area contributed by atoms with Crippen molar-refractivity contribution in [2.75, 3.05) is 4.90 Å². The summed E-state index contributed by atoms with van der Waals surface area (Å²) >= 11 is 1.36. The van der Waals surface area contributed by atoms with E-state index >= 15 is 0 Å². The summed E-state index contributed by atoms with van der Waals surface area (Å²) in [5.41, 5.74) is 6.11. The van der Waals surface area contributed by atoms with E-state index in [1.54, 1.807) is 12.1 Å². The lowest BCUT2D eigenvalue weighted by atomic mass is 9.95. The Labute approximate surface area is 242 Å². The molecule has 6 rings (SSSR count). The number of fused-ring (bicyclic) bond motifs is 1. The molecule has 7 heteroatoms. The minimum atomic E-state index is -0.860. The van der Waals surface area contributed by atoms with Crippen LogP contribution in [-0.4, -0.2) is 21.8 Å². The molecule has 1 fully saturated rings. The van der Waals surface area contributed by atoms with Crippen LogP contribution in [0.4, 0.5) is 5.13 Å². The summed E-state index contributed by atoms with van der Waals surface area (Å²) in [6.07, 6.45) is 0. The third-order valence-corrected chi connectivity index (χ3v) is 8.24. The second kappa shape index (κ2) is 10.7. The third kappa shape index (κ3) is 5.00. The topological polar surface area (TPSA) is 79.7 Å². The smallest absolute Gasteiger partial charge is 0.301 e. The molecule has 41 heavy (non-hydrogen) atoms. The first kappa shape index (κ1) is 26.5. The van der Waals surface area contributed by atoms with Gasteiger partial charge < -0.3 is 9.84 Å². The Balaban J connectivity index is 1.44. The summed E-state index contributed by atoms with van der Waals surface area (Å²) in [7, 11) is 0. The number of ketones is 1. The number of nitrogens with zero attached hydrogens (tertiary/aromatic N) is 2. The van der Waals surface area contributed by atoms with Gasteiger partial charge in [0.2, 0.25) is 0 Å². The molecule has 1 aliphatic rings. The molecule has 1 N–H and O–H groups in total. The number of benzene rings is 4. The number of aliphatic hydroxyl groups excluding tert-OH is 1. The zero-order valence-electron chi connectivity index (χ0n) is 22.9. The van der Waals surface area contributed by atoms with Crippen molar-refractivity contribution in [3.63, 3.8) is 0 Å². The van der Waals surface area contributed by atoms with Gasteiger partial charge in [-0.25, -0.2) is 4.98 Å². The molecule has 204 valence electrons. The van der Waals surface area contributed by atoms with Crippen molar-refractivity contribution in [3.8, 4) is 5.75 Å². The number of aliphatic hydroxyl groups is 1. The molecule has 1 aromatic heterocycles. The molecule has 0 radical (unpaired) electrons. The van der Waals surface area contributed by atoms with E-state index in [1.165, 1.54) is 16.2 Å². The summed E-state index contributed by atoms with van der Waals surface area (Å²) in [6.45, 7) is 6.36. The highest BCUT2D eigenvalue weighted by Crippen LogP contribution is 2.45. The van der Waals surface area contributed by atoms with Crippen molar-refractivity contribution in [3.05, 3.63) is 130 Å². The molecule has 1 atom stereocenters. The minimum absolute atomic E-state index is 0.0314. The van der Waals surface area contributed by atoms with Crippen LogP contribution in [0.1, 0.15) is 39.4 Å². The molecule has 5 aromatic rings. The van der Waals surface area contributed by atoms with Crippen LogP contribution in [0, 0.1) is 20.8 Å². The van der Waals surface area contributed by atoms with Gasteiger partial charge in [-0.3, -0.25) is 14.5 Å². The highest BCUT2D eigenvalue weighted by Gasteiger charge is 2.48. The molecule has 4 aromatic carbocycles. The van der Waals surface area contributed by atoms with Crippen molar-refractivity contribution in [2.45, 2.75) is 33.4 Å². The van der Waals surface area contributed by atoms with Crippen LogP contribution in [0.2, 0.25) is 0 Å². The van der Waals surface area contributed by atoms with E-state index in [9.17, 15) is 14.7 Å². The second-order valence-electron chi connectivity index (χ2n) is 10.3. The number of hydrogen-bond donors (Lipinski definition) is 1. The van der Waals surface area contributed by atoms with Gasteiger partial charge in [0.05, 0.1) is 21.8 Å². The van der Waals surface area contributed by atoms with Crippen molar-refractivity contribution in [1.29, 1.82) is 0 Å². The first-order valence-electron chi connectivity index (χ1n) is 13.3. The van der Waals surface area contributed by atoms with Gasteiger partial charge in [-0.1, -0.05) is 89.7 Å². The minimum Gasteiger partial charge on any atom is -0.507 e. The molecule has 0 aliphatic carbocycles. The van der Waals surface area contributed by atoms with E-state index in [4.69, 9.17) is 9.72 Å². The van der Waals surface area contributed by atoms with Crippen LogP contribution in [0.15, 0.2) is 96.6 Å². The summed E-state index contributed by atoms with van der Waals surface area (Å²) in [5, 5.41) is 11.8. The van der Waals surface area contributed by atoms with E-state index in [-0.39, 0.29) is 11.3 Å². The van der Waals surface area contributed by atoms with Crippen molar-refractivity contribution in [1.82, 2.24) is 4.98 Å². The summed E-state index contributed by atoms with van der Waals surface area (Å²) in [5.74, 6) is -1.03. The normalized spacial score (nSPS) is 16.5. The largest absolute Gasteiger partial charge is 0.507 e. The average molecular weight is 561 g/mol. The van der Waals surface area contributed by atoms with Crippen LogP contribution in [0.5, 0.6) is 5.75 Å². The zero-order valence-corrected chi connectivity index (χ0v) is 23.7. The first-order valence-corrected chi connectivity index (χ1v) is 14.1. The van der Waals surface area contributed by atoms with E-state index in [0.717, 1.165) is 32.5 Å². The SMILES string of the molecule is Cc1ccc(/C(O)=C2\C(=O)C(=O)N(c3nc4c(C)cc(C)cc4s3)C2c2ccc(OCc3ccccc3)cc2)cc1. The van der Waals surface area contributed by atoms with Gasteiger partial charge in [0.1, 0.15) is 18.1 Å². The van der Waals surface area contributed by atoms with Crippen LogP contribution in [0.3, 0.4) is 0 Å². The number of aryl methyl sites for hydroxylation is 3. The number of amides is 1. The predicted molar refractivity (Wildman–Crippen MR) is 162 cm³/mol. The number of aromatic nitrogens is 1. The van der Waals surface area contributed by atoms with Crippen LogP contribution in [0.25, 0.3) is 16.0 Å². The molecule has 0 bridgehead atoms. The molecule has 1 amide bonds. The fraction of sp³-hybridized carbons (Fsp3) is 0.147. The molecule has 1 aliphatic heterocycles. The van der Waals surface area contributed by atoms with Crippen LogP contribution >= 0.6 is 11.3 Å².